The molecule has 1 unspecified atom stereocenters. The monoisotopic (exact) mass is 416 g/mol. The molecule has 0 saturated heterocycles. The minimum absolute atomic E-state index is 0. The molecule has 7 heteroatoms. The molecule has 4 nitrogen and oxygen atoms in total. The molecule has 0 aromatic heterocycles. The van der Waals surface area contributed by atoms with Crippen molar-refractivity contribution in [3.05, 3.63) is 69.7 Å². The van der Waals surface area contributed by atoms with Gasteiger partial charge in [0.15, 0.2) is 0 Å². The van der Waals surface area contributed by atoms with Crippen LogP contribution < -0.4 is 5.73 Å². The average molecular weight is 418 g/mol. The fourth-order valence-corrected chi connectivity index (χ4v) is 2.93. The Morgan fingerprint density at radius 2 is 1.46 bits per heavy atom. The number of nitrogens with zero attached hydrogens (tertiary/aromatic N) is 1. The summed E-state index contributed by atoms with van der Waals surface area (Å²) in [5, 5.41) is 1.30. The van der Waals surface area contributed by atoms with Crippen molar-refractivity contribution in [1.29, 1.82) is 0 Å². The van der Waals surface area contributed by atoms with Gasteiger partial charge >= 0.3 is 0 Å². The lowest BCUT2D eigenvalue weighted by Gasteiger charge is -2.30. The van der Waals surface area contributed by atoms with Crippen molar-refractivity contribution in [3.63, 3.8) is 0 Å². The van der Waals surface area contributed by atoms with Gasteiger partial charge in [0.05, 0.1) is 18.6 Å². The molecule has 142 valence electrons. The summed E-state index contributed by atoms with van der Waals surface area (Å²) in [7, 11) is 3.33. The van der Waals surface area contributed by atoms with Crippen molar-refractivity contribution in [1.82, 2.24) is 4.90 Å². The van der Waals surface area contributed by atoms with E-state index in [9.17, 15) is 4.79 Å². The Labute approximate surface area is 170 Å². The van der Waals surface area contributed by atoms with Gasteiger partial charge < -0.3 is 15.4 Å². The summed E-state index contributed by atoms with van der Waals surface area (Å²) in [6, 6.07) is 14.7. The Bertz CT molecular complexity index is 643. The molecule has 0 aliphatic rings. The molecular formula is C19H23Cl3N2O2. The second kappa shape index (κ2) is 10.8. The van der Waals surface area contributed by atoms with Crippen molar-refractivity contribution < 1.29 is 9.53 Å². The topological polar surface area (TPSA) is 55.6 Å². The van der Waals surface area contributed by atoms with Crippen molar-refractivity contribution in [2.45, 2.75) is 18.6 Å². The third-order valence-corrected chi connectivity index (χ3v) is 4.65. The summed E-state index contributed by atoms with van der Waals surface area (Å²) >= 11 is 12.0. The van der Waals surface area contributed by atoms with Gasteiger partial charge in [-0.3, -0.25) is 4.79 Å². The van der Waals surface area contributed by atoms with Gasteiger partial charge in [-0.25, -0.2) is 0 Å². The highest BCUT2D eigenvalue weighted by Gasteiger charge is 2.25. The Balaban J connectivity index is 0.00000338. The molecule has 2 aromatic carbocycles. The number of rotatable bonds is 7. The van der Waals surface area contributed by atoms with Crippen molar-refractivity contribution >= 4 is 41.5 Å². The number of carbonyl (C=O) groups is 1. The molecule has 26 heavy (non-hydrogen) atoms. The number of amides is 1. The zero-order valence-electron chi connectivity index (χ0n) is 14.7. The fourth-order valence-electron chi connectivity index (χ4n) is 2.68. The predicted molar refractivity (Wildman–Crippen MR) is 109 cm³/mol. The molecule has 0 fully saturated rings. The first-order valence-corrected chi connectivity index (χ1v) is 8.71. The van der Waals surface area contributed by atoms with Gasteiger partial charge in [0, 0.05) is 30.7 Å². The maximum Gasteiger partial charge on any atom is 0.225 e. The van der Waals surface area contributed by atoms with Crippen molar-refractivity contribution in [2.24, 2.45) is 5.73 Å². The first kappa shape index (κ1) is 22.7. The number of hydrogen-bond acceptors (Lipinski definition) is 3. The lowest BCUT2D eigenvalue weighted by atomic mass is 9.97. The van der Waals surface area contributed by atoms with Gasteiger partial charge in [0.1, 0.15) is 0 Å². The van der Waals surface area contributed by atoms with Crippen LogP contribution in [0.15, 0.2) is 48.5 Å². The normalized spacial score (nSPS) is 11.8. The van der Waals surface area contributed by atoms with E-state index < -0.39 is 0 Å². The molecule has 2 aromatic rings. The Kier molecular flexibility index (Phi) is 9.41. The summed E-state index contributed by atoms with van der Waals surface area (Å²) in [6.45, 7) is 0.294. The van der Waals surface area contributed by atoms with E-state index in [0.29, 0.717) is 16.6 Å². The number of benzene rings is 2. The van der Waals surface area contributed by atoms with Crippen LogP contribution in [0.2, 0.25) is 10.0 Å². The molecule has 0 aliphatic heterocycles. The minimum atomic E-state index is -0.300. The largest absolute Gasteiger partial charge is 0.380 e. The second-order valence-electron chi connectivity index (χ2n) is 5.81. The van der Waals surface area contributed by atoms with Gasteiger partial charge in [-0.1, -0.05) is 47.5 Å². The molecule has 2 N–H and O–H groups in total. The van der Waals surface area contributed by atoms with E-state index in [0.717, 1.165) is 11.1 Å². The molecule has 0 bridgehead atoms. The van der Waals surface area contributed by atoms with E-state index in [-0.39, 0.29) is 36.9 Å². The molecule has 0 spiro atoms. The average Bonchev–Trinajstić information content (AvgIpc) is 2.62. The zero-order valence-corrected chi connectivity index (χ0v) is 17.0. The lowest BCUT2D eigenvalue weighted by molar-refractivity contribution is -0.133. The van der Waals surface area contributed by atoms with Crippen LogP contribution in [0.3, 0.4) is 0 Å². The number of carbonyl (C=O) groups excluding carboxylic acids is 1. The van der Waals surface area contributed by atoms with Gasteiger partial charge in [-0.05, 0) is 35.4 Å². The summed E-state index contributed by atoms with van der Waals surface area (Å²) < 4.78 is 5.24. The van der Waals surface area contributed by atoms with Gasteiger partial charge in [-0.2, -0.15) is 0 Å². The van der Waals surface area contributed by atoms with Gasteiger partial charge in [-0.15, -0.1) is 12.4 Å². The third-order valence-electron chi connectivity index (χ3n) is 4.15. The van der Waals surface area contributed by atoms with E-state index >= 15 is 0 Å². The number of ether oxygens (including phenoxy) is 1. The smallest absolute Gasteiger partial charge is 0.225 e. The minimum Gasteiger partial charge on any atom is -0.380 e. The fraction of sp³-hybridized carbons (Fsp3) is 0.316. The molecule has 0 saturated carbocycles. The van der Waals surface area contributed by atoms with Crippen LogP contribution in [-0.4, -0.2) is 37.6 Å². The maximum atomic E-state index is 12.7. The highest BCUT2D eigenvalue weighted by molar-refractivity contribution is 6.30. The molecule has 0 radical (unpaired) electrons. The van der Waals surface area contributed by atoms with Gasteiger partial charge in [0.2, 0.25) is 5.91 Å². The third kappa shape index (κ3) is 5.86. The van der Waals surface area contributed by atoms with Crippen LogP contribution in [0.5, 0.6) is 0 Å². The SMILES string of the molecule is COC(CN)CC(=O)N(C)C(c1ccc(Cl)cc1)c1ccc(Cl)cc1.Cl. The number of halogens is 3. The van der Waals surface area contributed by atoms with Crippen molar-refractivity contribution in [3.8, 4) is 0 Å². The first-order valence-electron chi connectivity index (χ1n) is 7.95. The van der Waals surface area contributed by atoms with E-state index in [1.807, 2.05) is 48.5 Å². The van der Waals surface area contributed by atoms with Crippen LogP contribution in [0.25, 0.3) is 0 Å². The van der Waals surface area contributed by atoms with Gasteiger partial charge in [0.25, 0.3) is 0 Å². The van der Waals surface area contributed by atoms with Crippen molar-refractivity contribution in [2.75, 3.05) is 20.7 Å². The van der Waals surface area contributed by atoms with E-state index in [4.69, 9.17) is 33.7 Å². The van der Waals surface area contributed by atoms with Crippen LogP contribution >= 0.6 is 35.6 Å². The highest BCUT2D eigenvalue weighted by Crippen LogP contribution is 2.30. The number of nitrogens with two attached hydrogens (primary N) is 1. The summed E-state index contributed by atoms with van der Waals surface area (Å²) in [6.07, 6.45) is -0.0766. The first-order chi connectivity index (χ1) is 12.0. The summed E-state index contributed by atoms with van der Waals surface area (Å²) in [5.74, 6) is -0.0489. The molecule has 0 aliphatic carbocycles. The summed E-state index contributed by atoms with van der Waals surface area (Å²) in [5.41, 5.74) is 7.56. The highest BCUT2D eigenvalue weighted by atomic mass is 35.5. The Morgan fingerprint density at radius 3 is 1.81 bits per heavy atom. The predicted octanol–water partition coefficient (Wildman–Crippen LogP) is 4.33. The van der Waals surface area contributed by atoms with Crippen LogP contribution in [0.4, 0.5) is 0 Å². The second-order valence-corrected chi connectivity index (χ2v) is 6.68. The zero-order chi connectivity index (χ0) is 18.4. The molecule has 1 atom stereocenters. The molecule has 0 heterocycles. The van der Waals surface area contributed by atoms with Crippen LogP contribution in [-0.2, 0) is 9.53 Å². The molecular weight excluding hydrogens is 395 g/mol. The van der Waals surface area contributed by atoms with Crippen LogP contribution in [0.1, 0.15) is 23.6 Å². The van der Waals surface area contributed by atoms with E-state index in [1.165, 1.54) is 0 Å². The Hall–Kier alpha value is -1.30. The molecule has 2 rings (SSSR count). The quantitative estimate of drug-likeness (QED) is 0.729. The lowest BCUT2D eigenvalue weighted by Crippen LogP contribution is -2.36. The Morgan fingerprint density at radius 1 is 1.04 bits per heavy atom. The standard InChI is InChI=1S/C19H22Cl2N2O2.ClH/c1-23(18(24)11-17(12-22)25-2)19(13-3-7-15(20)8-4-13)14-5-9-16(21)10-6-14;/h3-10,17,19H,11-12,22H2,1-2H3;1H. The van der Waals surface area contributed by atoms with Crippen LogP contribution in [0, 0.1) is 0 Å². The summed E-state index contributed by atoms with van der Waals surface area (Å²) in [4.78, 5) is 14.4. The van der Waals surface area contributed by atoms with E-state index in [2.05, 4.69) is 0 Å². The maximum absolute atomic E-state index is 12.7. The number of methoxy groups -OCH3 is 1. The van der Waals surface area contributed by atoms with E-state index in [1.54, 1.807) is 19.1 Å². The number of hydrogen-bond donors (Lipinski definition) is 1. The molecule has 1 amide bonds.